The molecule has 2 rings (SSSR count). The van der Waals surface area contributed by atoms with Gasteiger partial charge in [0.15, 0.2) is 5.75 Å². The Morgan fingerprint density at radius 2 is 2.00 bits per heavy atom. The molecule has 0 heterocycles. The number of ether oxygens (including phenoxy) is 1. The predicted molar refractivity (Wildman–Crippen MR) is 69.9 cm³/mol. The molecular weight excluding hydrogens is 230 g/mol. The summed E-state index contributed by atoms with van der Waals surface area (Å²) in [6, 6.07) is 4.84. The first-order chi connectivity index (χ1) is 8.52. The van der Waals surface area contributed by atoms with Crippen molar-refractivity contribution < 1.29 is 14.6 Å². The van der Waals surface area contributed by atoms with E-state index in [1.54, 1.807) is 12.1 Å². The third kappa shape index (κ3) is 2.58. The largest absolute Gasteiger partial charge is 0.485 e. The molecule has 0 atom stereocenters. The molecule has 3 N–H and O–H groups in total. The highest BCUT2D eigenvalue weighted by Crippen LogP contribution is 2.36. The van der Waals surface area contributed by atoms with Crippen LogP contribution in [0.1, 0.15) is 49.4 Å². The summed E-state index contributed by atoms with van der Waals surface area (Å²) in [6.07, 6.45) is 5.34. The zero-order valence-corrected chi connectivity index (χ0v) is 10.6. The van der Waals surface area contributed by atoms with Crippen LogP contribution in [0.2, 0.25) is 0 Å². The molecule has 4 nitrogen and oxygen atoms in total. The summed E-state index contributed by atoms with van der Waals surface area (Å²) in [5.41, 5.74) is 6.08. The van der Waals surface area contributed by atoms with E-state index in [2.05, 4.69) is 0 Å². The molecule has 1 saturated carbocycles. The average molecular weight is 249 g/mol. The zero-order valence-electron chi connectivity index (χ0n) is 10.6. The van der Waals surface area contributed by atoms with Gasteiger partial charge in [-0.25, -0.2) is 4.79 Å². The van der Waals surface area contributed by atoms with Gasteiger partial charge in [0.1, 0.15) is 11.2 Å². The molecule has 18 heavy (non-hydrogen) atoms. The maximum atomic E-state index is 11.2. The number of hydrogen-bond donors (Lipinski definition) is 2. The number of benzene rings is 1. The number of anilines is 1. The third-order valence-electron chi connectivity index (χ3n) is 3.54. The molecule has 1 aliphatic rings. The average Bonchev–Trinajstić information content (AvgIpc) is 2.32. The van der Waals surface area contributed by atoms with Crippen molar-refractivity contribution >= 4 is 11.7 Å². The van der Waals surface area contributed by atoms with E-state index in [0.717, 1.165) is 25.7 Å². The number of carboxylic acids is 1. The van der Waals surface area contributed by atoms with E-state index < -0.39 is 5.97 Å². The van der Waals surface area contributed by atoms with Gasteiger partial charge in [-0.2, -0.15) is 0 Å². The van der Waals surface area contributed by atoms with Gasteiger partial charge in [-0.1, -0.05) is 12.5 Å². The SMILES string of the molecule is CC1(Oc2c(N)cccc2C(=O)O)CCCCC1. The highest BCUT2D eigenvalue weighted by atomic mass is 16.5. The van der Waals surface area contributed by atoms with Gasteiger partial charge < -0.3 is 15.6 Å². The van der Waals surface area contributed by atoms with E-state index in [4.69, 9.17) is 15.6 Å². The monoisotopic (exact) mass is 249 g/mol. The van der Waals surface area contributed by atoms with Crippen molar-refractivity contribution in [3.8, 4) is 5.75 Å². The molecule has 0 aromatic heterocycles. The van der Waals surface area contributed by atoms with Gasteiger partial charge in [-0.15, -0.1) is 0 Å². The minimum Gasteiger partial charge on any atom is -0.485 e. The molecule has 1 fully saturated rings. The van der Waals surface area contributed by atoms with E-state index in [-0.39, 0.29) is 11.2 Å². The van der Waals surface area contributed by atoms with E-state index in [1.165, 1.54) is 12.5 Å². The quantitative estimate of drug-likeness (QED) is 0.807. The minimum absolute atomic E-state index is 0.141. The van der Waals surface area contributed by atoms with Crippen LogP contribution >= 0.6 is 0 Å². The van der Waals surface area contributed by atoms with Gasteiger partial charge in [-0.05, 0) is 44.7 Å². The van der Waals surface area contributed by atoms with Crippen molar-refractivity contribution in [3.05, 3.63) is 23.8 Å². The molecule has 0 saturated heterocycles. The molecule has 0 unspecified atom stereocenters. The van der Waals surface area contributed by atoms with Crippen molar-refractivity contribution in [2.75, 3.05) is 5.73 Å². The number of rotatable bonds is 3. The second kappa shape index (κ2) is 4.88. The van der Waals surface area contributed by atoms with Gasteiger partial charge in [0.05, 0.1) is 5.69 Å². The number of nitrogens with two attached hydrogens (primary N) is 1. The normalized spacial score (nSPS) is 18.3. The van der Waals surface area contributed by atoms with Crippen LogP contribution in [-0.4, -0.2) is 16.7 Å². The fraction of sp³-hybridized carbons (Fsp3) is 0.500. The van der Waals surface area contributed by atoms with Crippen LogP contribution in [0.4, 0.5) is 5.69 Å². The Bertz CT molecular complexity index is 450. The molecule has 1 aromatic rings. The van der Waals surface area contributed by atoms with Crippen molar-refractivity contribution in [2.45, 2.75) is 44.6 Å². The Kier molecular flexibility index (Phi) is 3.45. The molecule has 98 valence electrons. The van der Waals surface area contributed by atoms with Crippen LogP contribution in [0.25, 0.3) is 0 Å². The number of carbonyl (C=O) groups is 1. The lowest BCUT2D eigenvalue weighted by Gasteiger charge is -2.35. The number of hydrogen-bond acceptors (Lipinski definition) is 3. The number of carboxylic acid groups (broad SMARTS) is 1. The minimum atomic E-state index is -1.00. The number of nitrogen functional groups attached to an aromatic ring is 1. The van der Waals surface area contributed by atoms with Crippen LogP contribution in [0.5, 0.6) is 5.75 Å². The van der Waals surface area contributed by atoms with Gasteiger partial charge in [0.2, 0.25) is 0 Å². The number of para-hydroxylation sites is 1. The molecule has 0 bridgehead atoms. The summed E-state index contributed by atoms with van der Waals surface area (Å²) in [6.45, 7) is 2.03. The second-order valence-electron chi connectivity index (χ2n) is 5.14. The lowest BCUT2D eigenvalue weighted by atomic mass is 9.86. The molecule has 0 radical (unpaired) electrons. The summed E-state index contributed by atoms with van der Waals surface area (Å²) < 4.78 is 5.96. The molecule has 1 aliphatic carbocycles. The summed E-state index contributed by atoms with van der Waals surface area (Å²) >= 11 is 0. The van der Waals surface area contributed by atoms with Crippen LogP contribution in [0, 0.1) is 0 Å². The Morgan fingerprint density at radius 1 is 1.33 bits per heavy atom. The summed E-state index contributed by atoms with van der Waals surface area (Å²) in [7, 11) is 0. The van der Waals surface area contributed by atoms with E-state index in [0.29, 0.717) is 11.4 Å². The van der Waals surface area contributed by atoms with Gasteiger partial charge in [0, 0.05) is 0 Å². The molecule has 0 aliphatic heterocycles. The molecule has 4 heteroatoms. The Morgan fingerprint density at radius 3 is 2.61 bits per heavy atom. The zero-order chi connectivity index (χ0) is 13.2. The smallest absolute Gasteiger partial charge is 0.339 e. The lowest BCUT2D eigenvalue weighted by molar-refractivity contribution is 0.0461. The van der Waals surface area contributed by atoms with Crippen LogP contribution < -0.4 is 10.5 Å². The van der Waals surface area contributed by atoms with Gasteiger partial charge in [-0.3, -0.25) is 0 Å². The Balaban J connectivity index is 2.30. The van der Waals surface area contributed by atoms with E-state index in [1.807, 2.05) is 6.92 Å². The summed E-state index contributed by atoms with van der Waals surface area (Å²) in [5, 5.41) is 9.17. The first kappa shape index (κ1) is 12.7. The highest BCUT2D eigenvalue weighted by molar-refractivity contribution is 5.93. The Labute approximate surface area is 107 Å². The van der Waals surface area contributed by atoms with Crippen molar-refractivity contribution in [3.63, 3.8) is 0 Å². The van der Waals surface area contributed by atoms with Crippen molar-refractivity contribution in [1.82, 2.24) is 0 Å². The second-order valence-corrected chi connectivity index (χ2v) is 5.14. The summed E-state index contributed by atoms with van der Waals surface area (Å²) in [5.74, 6) is -0.689. The lowest BCUT2D eigenvalue weighted by Crippen LogP contribution is -2.35. The van der Waals surface area contributed by atoms with E-state index in [9.17, 15) is 4.79 Å². The molecule has 0 amide bonds. The third-order valence-corrected chi connectivity index (χ3v) is 3.54. The predicted octanol–water partition coefficient (Wildman–Crippen LogP) is 3.07. The summed E-state index contributed by atoms with van der Waals surface area (Å²) in [4.78, 5) is 11.2. The number of aromatic carboxylic acids is 1. The highest BCUT2D eigenvalue weighted by Gasteiger charge is 2.31. The van der Waals surface area contributed by atoms with Gasteiger partial charge >= 0.3 is 5.97 Å². The maximum Gasteiger partial charge on any atom is 0.339 e. The first-order valence-electron chi connectivity index (χ1n) is 6.33. The Hall–Kier alpha value is -1.71. The molecule has 0 spiro atoms. The standard InChI is InChI=1S/C14H19NO3/c1-14(8-3-2-4-9-14)18-12-10(13(16)17)6-5-7-11(12)15/h5-7H,2-4,8-9,15H2,1H3,(H,16,17). The van der Waals surface area contributed by atoms with Crippen LogP contribution in [-0.2, 0) is 0 Å². The van der Waals surface area contributed by atoms with Crippen LogP contribution in [0.15, 0.2) is 18.2 Å². The fourth-order valence-electron chi connectivity index (χ4n) is 2.49. The van der Waals surface area contributed by atoms with E-state index >= 15 is 0 Å². The maximum absolute atomic E-state index is 11.2. The van der Waals surface area contributed by atoms with Crippen molar-refractivity contribution in [2.24, 2.45) is 0 Å². The topological polar surface area (TPSA) is 72.5 Å². The van der Waals surface area contributed by atoms with Crippen LogP contribution in [0.3, 0.4) is 0 Å². The first-order valence-corrected chi connectivity index (χ1v) is 6.33. The van der Waals surface area contributed by atoms with Crippen molar-refractivity contribution in [1.29, 1.82) is 0 Å². The molecule has 1 aromatic carbocycles. The van der Waals surface area contributed by atoms with Gasteiger partial charge in [0.25, 0.3) is 0 Å². The fourth-order valence-corrected chi connectivity index (χ4v) is 2.49. The molecular formula is C14H19NO3.